The Labute approximate surface area is 148 Å². The van der Waals surface area contributed by atoms with Crippen LogP contribution < -0.4 is 10.1 Å². The van der Waals surface area contributed by atoms with Gasteiger partial charge in [-0.05, 0) is 24.4 Å². The van der Waals surface area contributed by atoms with Crippen molar-refractivity contribution in [2.45, 2.75) is 19.4 Å². The molecule has 1 aliphatic heterocycles. The van der Waals surface area contributed by atoms with Crippen LogP contribution in [0.3, 0.4) is 0 Å². The summed E-state index contributed by atoms with van der Waals surface area (Å²) in [6.45, 7) is 2.50. The Kier molecular flexibility index (Phi) is 4.08. The predicted molar refractivity (Wildman–Crippen MR) is 96.9 cm³/mol. The van der Waals surface area contributed by atoms with Gasteiger partial charge in [-0.1, -0.05) is 24.3 Å². The van der Waals surface area contributed by atoms with E-state index in [1.165, 1.54) is 11.3 Å². The summed E-state index contributed by atoms with van der Waals surface area (Å²) in [5, 5.41) is 6.07. The van der Waals surface area contributed by atoms with Gasteiger partial charge in [-0.3, -0.25) is 4.79 Å². The molecular weight excluding hydrogens is 340 g/mol. The molecule has 1 amide bonds. The van der Waals surface area contributed by atoms with Crippen LogP contribution in [0.1, 0.15) is 33.4 Å². The Balaban J connectivity index is 1.57. The van der Waals surface area contributed by atoms with Gasteiger partial charge in [-0.15, -0.1) is 22.7 Å². The van der Waals surface area contributed by atoms with Crippen LogP contribution in [0.25, 0.3) is 9.88 Å². The molecule has 2 aromatic heterocycles. The molecule has 0 saturated carbocycles. The van der Waals surface area contributed by atoms with Crippen molar-refractivity contribution in [3.8, 4) is 15.6 Å². The zero-order valence-electron chi connectivity index (χ0n) is 13.1. The first kappa shape index (κ1) is 15.4. The first-order valence-corrected chi connectivity index (χ1v) is 9.46. The second-order valence-electron chi connectivity index (χ2n) is 5.61. The molecular formula is C18H16N2O2S2. The number of ether oxygens (including phenoxy) is 1. The minimum Gasteiger partial charge on any atom is -0.493 e. The van der Waals surface area contributed by atoms with E-state index >= 15 is 0 Å². The van der Waals surface area contributed by atoms with E-state index in [0.717, 1.165) is 33.3 Å². The number of benzene rings is 1. The van der Waals surface area contributed by atoms with E-state index in [-0.39, 0.29) is 11.9 Å². The van der Waals surface area contributed by atoms with Crippen molar-refractivity contribution < 1.29 is 9.53 Å². The minimum atomic E-state index is -0.0606. The average Bonchev–Trinajstić information content (AvgIpc) is 3.24. The van der Waals surface area contributed by atoms with E-state index in [0.29, 0.717) is 11.5 Å². The SMILES string of the molecule is Cc1nc(-c2cccs2)sc1C(=O)N[C@H]1CCOc2ccccc21. The average molecular weight is 356 g/mol. The highest BCUT2D eigenvalue weighted by molar-refractivity contribution is 7.22. The van der Waals surface area contributed by atoms with Crippen molar-refractivity contribution >= 4 is 28.6 Å². The standard InChI is InChI=1S/C18H16N2O2S2/c1-11-16(24-18(19-11)15-7-4-10-23-15)17(21)20-13-8-9-22-14-6-3-2-5-12(13)14/h2-7,10,13H,8-9H2,1H3,(H,20,21)/t13-/m0/s1. The van der Waals surface area contributed by atoms with Crippen molar-refractivity contribution in [1.82, 2.24) is 10.3 Å². The number of hydrogen-bond donors (Lipinski definition) is 1. The van der Waals surface area contributed by atoms with Gasteiger partial charge < -0.3 is 10.1 Å². The van der Waals surface area contributed by atoms with Crippen LogP contribution >= 0.6 is 22.7 Å². The van der Waals surface area contributed by atoms with Gasteiger partial charge in [0, 0.05) is 12.0 Å². The molecule has 4 nitrogen and oxygen atoms in total. The molecule has 122 valence electrons. The van der Waals surface area contributed by atoms with E-state index < -0.39 is 0 Å². The van der Waals surface area contributed by atoms with Crippen LogP contribution in [0.2, 0.25) is 0 Å². The van der Waals surface area contributed by atoms with Gasteiger partial charge in [0.15, 0.2) is 0 Å². The smallest absolute Gasteiger partial charge is 0.263 e. The number of carbonyl (C=O) groups excluding carboxylic acids is 1. The summed E-state index contributed by atoms with van der Waals surface area (Å²) in [6, 6.07) is 11.9. The highest BCUT2D eigenvalue weighted by Gasteiger charge is 2.25. The second kappa shape index (κ2) is 6.37. The topological polar surface area (TPSA) is 51.2 Å². The van der Waals surface area contributed by atoms with Gasteiger partial charge in [-0.25, -0.2) is 4.98 Å². The van der Waals surface area contributed by atoms with Gasteiger partial charge in [-0.2, -0.15) is 0 Å². The van der Waals surface area contributed by atoms with Crippen molar-refractivity contribution in [3.63, 3.8) is 0 Å². The number of rotatable bonds is 3. The lowest BCUT2D eigenvalue weighted by atomic mass is 10.0. The number of amides is 1. The molecule has 24 heavy (non-hydrogen) atoms. The van der Waals surface area contributed by atoms with Gasteiger partial charge in [0.2, 0.25) is 0 Å². The van der Waals surface area contributed by atoms with E-state index in [2.05, 4.69) is 10.3 Å². The predicted octanol–water partition coefficient (Wildman–Crippen LogP) is 4.43. The Bertz CT molecular complexity index is 871. The van der Waals surface area contributed by atoms with Crippen molar-refractivity contribution in [2.75, 3.05) is 6.61 Å². The zero-order chi connectivity index (χ0) is 16.5. The highest BCUT2D eigenvalue weighted by Crippen LogP contribution is 2.34. The van der Waals surface area contributed by atoms with Gasteiger partial charge in [0.25, 0.3) is 5.91 Å². The third kappa shape index (κ3) is 2.83. The summed E-state index contributed by atoms with van der Waals surface area (Å²) in [4.78, 5) is 19.1. The molecule has 0 spiro atoms. The van der Waals surface area contributed by atoms with Gasteiger partial charge >= 0.3 is 0 Å². The van der Waals surface area contributed by atoms with Crippen LogP contribution in [0.5, 0.6) is 5.75 Å². The maximum Gasteiger partial charge on any atom is 0.263 e. The molecule has 0 radical (unpaired) electrons. The molecule has 3 aromatic rings. The van der Waals surface area contributed by atoms with Crippen molar-refractivity contribution in [2.24, 2.45) is 0 Å². The van der Waals surface area contributed by atoms with E-state index in [4.69, 9.17) is 4.74 Å². The summed E-state index contributed by atoms with van der Waals surface area (Å²) in [7, 11) is 0. The lowest BCUT2D eigenvalue weighted by molar-refractivity contribution is 0.0928. The molecule has 4 rings (SSSR count). The fraction of sp³-hybridized carbons (Fsp3) is 0.222. The maximum absolute atomic E-state index is 12.7. The first-order valence-electron chi connectivity index (χ1n) is 7.76. The zero-order valence-corrected chi connectivity index (χ0v) is 14.7. The lowest BCUT2D eigenvalue weighted by Crippen LogP contribution is -2.32. The number of hydrogen-bond acceptors (Lipinski definition) is 5. The van der Waals surface area contributed by atoms with Crippen LogP contribution in [-0.2, 0) is 0 Å². The van der Waals surface area contributed by atoms with E-state index in [9.17, 15) is 4.79 Å². The maximum atomic E-state index is 12.7. The molecule has 1 aromatic carbocycles. The molecule has 0 fully saturated rings. The first-order chi connectivity index (χ1) is 11.7. The molecule has 0 unspecified atom stereocenters. The summed E-state index contributed by atoms with van der Waals surface area (Å²) >= 11 is 3.09. The number of aryl methyl sites for hydroxylation is 1. The molecule has 0 aliphatic carbocycles. The van der Waals surface area contributed by atoms with Crippen LogP contribution in [0.4, 0.5) is 0 Å². The molecule has 0 saturated heterocycles. The fourth-order valence-corrected chi connectivity index (χ4v) is 4.59. The summed E-state index contributed by atoms with van der Waals surface area (Å²) in [5.41, 5.74) is 1.82. The monoisotopic (exact) mass is 356 g/mol. The van der Waals surface area contributed by atoms with Crippen LogP contribution in [-0.4, -0.2) is 17.5 Å². The van der Waals surface area contributed by atoms with E-state index in [1.54, 1.807) is 11.3 Å². The quantitative estimate of drug-likeness (QED) is 0.755. The Hall–Kier alpha value is -2.18. The molecule has 1 atom stereocenters. The molecule has 3 heterocycles. The number of fused-ring (bicyclic) bond motifs is 1. The van der Waals surface area contributed by atoms with Crippen molar-refractivity contribution in [1.29, 1.82) is 0 Å². The molecule has 1 aliphatic rings. The number of thiophene rings is 1. The normalized spacial score (nSPS) is 16.3. The van der Waals surface area contributed by atoms with Crippen molar-refractivity contribution in [3.05, 3.63) is 57.9 Å². The Morgan fingerprint density at radius 3 is 3.00 bits per heavy atom. The lowest BCUT2D eigenvalue weighted by Gasteiger charge is -2.26. The number of aromatic nitrogens is 1. The van der Waals surface area contributed by atoms with Crippen LogP contribution in [0, 0.1) is 6.92 Å². The Morgan fingerprint density at radius 2 is 2.17 bits per heavy atom. The number of nitrogens with zero attached hydrogens (tertiary/aromatic N) is 1. The third-order valence-electron chi connectivity index (χ3n) is 4.00. The van der Waals surface area contributed by atoms with E-state index in [1.807, 2.05) is 48.7 Å². The van der Waals surface area contributed by atoms with Gasteiger partial charge in [0.1, 0.15) is 15.6 Å². The highest BCUT2D eigenvalue weighted by atomic mass is 32.1. The minimum absolute atomic E-state index is 0.0193. The number of para-hydroxylation sites is 1. The summed E-state index contributed by atoms with van der Waals surface area (Å²) < 4.78 is 5.66. The number of nitrogens with one attached hydrogen (secondary N) is 1. The molecule has 6 heteroatoms. The molecule has 1 N–H and O–H groups in total. The summed E-state index contributed by atoms with van der Waals surface area (Å²) in [6.07, 6.45) is 0.776. The fourth-order valence-electron chi connectivity index (χ4n) is 2.83. The van der Waals surface area contributed by atoms with Gasteiger partial charge in [0.05, 0.1) is 23.2 Å². The Morgan fingerprint density at radius 1 is 1.29 bits per heavy atom. The van der Waals surface area contributed by atoms with Crippen LogP contribution in [0.15, 0.2) is 41.8 Å². The molecule has 0 bridgehead atoms. The third-order valence-corrected chi connectivity index (χ3v) is 6.19. The number of carbonyl (C=O) groups is 1. The second-order valence-corrected chi connectivity index (χ2v) is 7.56. The number of thiazole rings is 1. The summed E-state index contributed by atoms with van der Waals surface area (Å²) in [5.74, 6) is 0.795. The largest absolute Gasteiger partial charge is 0.493 e.